The Labute approximate surface area is 167 Å². The molecule has 2 atom stereocenters. The number of thiophene rings is 1. The van der Waals surface area contributed by atoms with Crippen LogP contribution in [-0.4, -0.2) is 0 Å². The summed E-state index contributed by atoms with van der Waals surface area (Å²) in [6, 6.07) is 16.4. The van der Waals surface area contributed by atoms with Crippen molar-refractivity contribution in [1.29, 1.82) is 0 Å². The van der Waals surface area contributed by atoms with Gasteiger partial charge in [-0.05, 0) is 96.1 Å². The summed E-state index contributed by atoms with van der Waals surface area (Å²) in [5, 5.41) is 1.40. The summed E-state index contributed by atoms with van der Waals surface area (Å²) in [5.74, 6) is 2.52. The molecule has 2 unspecified atom stereocenters. The van der Waals surface area contributed by atoms with Crippen molar-refractivity contribution in [2.75, 3.05) is 0 Å². The van der Waals surface area contributed by atoms with Crippen LogP contribution in [0.2, 0.25) is 0 Å². The lowest BCUT2D eigenvalue weighted by Crippen LogP contribution is -2.18. The van der Waals surface area contributed by atoms with E-state index < -0.39 is 0 Å². The van der Waals surface area contributed by atoms with Crippen LogP contribution in [0.1, 0.15) is 72.6 Å². The van der Waals surface area contributed by atoms with Crippen LogP contribution in [0.5, 0.6) is 0 Å². The Bertz CT molecular complexity index is 920. The molecule has 0 radical (unpaired) electrons. The Kier molecular flexibility index (Phi) is 4.60. The van der Waals surface area contributed by atoms with Gasteiger partial charge in [0.25, 0.3) is 0 Å². The number of benzene rings is 2. The van der Waals surface area contributed by atoms with Crippen molar-refractivity contribution in [2.24, 2.45) is 11.8 Å². The average Bonchev–Trinajstić information content (AvgIpc) is 3.26. The van der Waals surface area contributed by atoms with Crippen LogP contribution in [-0.2, 0) is 19.3 Å². The van der Waals surface area contributed by atoms with E-state index in [0.717, 1.165) is 24.2 Å². The molecule has 0 amide bonds. The zero-order valence-electron chi connectivity index (χ0n) is 16.6. The maximum absolute atomic E-state index is 2.60. The Morgan fingerprint density at radius 3 is 2.56 bits per heavy atom. The van der Waals surface area contributed by atoms with Crippen LogP contribution in [0.15, 0.2) is 42.5 Å². The largest absolute Gasteiger partial charge is 0.140 e. The molecule has 0 spiro atoms. The van der Waals surface area contributed by atoms with Gasteiger partial charge in [-0.25, -0.2) is 0 Å². The van der Waals surface area contributed by atoms with Gasteiger partial charge in [-0.1, -0.05) is 44.2 Å². The van der Waals surface area contributed by atoms with Crippen LogP contribution in [0.25, 0.3) is 10.1 Å². The van der Waals surface area contributed by atoms with Gasteiger partial charge in [0.05, 0.1) is 0 Å². The van der Waals surface area contributed by atoms with Crippen LogP contribution >= 0.6 is 11.3 Å². The third kappa shape index (κ3) is 3.47. The van der Waals surface area contributed by atoms with Crippen molar-refractivity contribution in [3.63, 3.8) is 0 Å². The minimum atomic E-state index is 0.774. The predicted octanol–water partition coefficient (Wildman–Crippen LogP) is 7.52. The molecule has 1 aromatic heterocycles. The highest BCUT2D eigenvalue weighted by atomic mass is 32.1. The highest BCUT2D eigenvalue weighted by Gasteiger charge is 2.27. The monoisotopic (exact) mass is 374 g/mol. The predicted molar refractivity (Wildman–Crippen MR) is 118 cm³/mol. The molecule has 1 heterocycles. The van der Waals surface area contributed by atoms with Crippen molar-refractivity contribution in [2.45, 2.75) is 64.7 Å². The molecule has 1 fully saturated rings. The van der Waals surface area contributed by atoms with Gasteiger partial charge >= 0.3 is 0 Å². The maximum atomic E-state index is 2.60. The zero-order valence-corrected chi connectivity index (χ0v) is 17.4. The number of hydrogen-bond acceptors (Lipinski definition) is 1. The van der Waals surface area contributed by atoms with Crippen LogP contribution < -0.4 is 0 Å². The summed E-state index contributed by atoms with van der Waals surface area (Å²) in [4.78, 5) is 1.52. The minimum Gasteiger partial charge on any atom is -0.140 e. The van der Waals surface area contributed by atoms with E-state index in [9.17, 15) is 0 Å². The van der Waals surface area contributed by atoms with E-state index in [1.807, 2.05) is 11.3 Å². The molecule has 0 bridgehead atoms. The molecule has 0 saturated heterocycles. The number of hydrogen-bond donors (Lipinski definition) is 0. The van der Waals surface area contributed by atoms with Gasteiger partial charge in [0, 0.05) is 16.0 Å². The molecule has 1 saturated carbocycles. The lowest BCUT2D eigenvalue weighted by molar-refractivity contribution is 0.268. The first-order valence-electron chi connectivity index (χ1n) is 10.8. The molecule has 0 N–H and O–H groups in total. The molecule has 2 aromatic carbocycles. The van der Waals surface area contributed by atoms with Gasteiger partial charge in [-0.3, -0.25) is 0 Å². The van der Waals surface area contributed by atoms with Gasteiger partial charge in [-0.2, -0.15) is 0 Å². The Morgan fingerprint density at radius 2 is 1.74 bits per heavy atom. The summed E-state index contributed by atoms with van der Waals surface area (Å²) in [6.45, 7) is 4.91. The first-order chi connectivity index (χ1) is 13.2. The molecule has 5 rings (SSSR count). The normalized spacial score (nSPS) is 25.0. The summed E-state index contributed by atoms with van der Waals surface area (Å²) in [6.07, 6.45) is 9.21. The molecular weight excluding hydrogens is 344 g/mol. The molecule has 2 aliphatic carbocycles. The summed E-state index contributed by atoms with van der Waals surface area (Å²) < 4.78 is 1.43. The van der Waals surface area contributed by atoms with Crippen molar-refractivity contribution in [3.8, 4) is 0 Å². The first-order valence-corrected chi connectivity index (χ1v) is 11.6. The number of aryl methyl sites for hydroxylation is 1. The van der Waals surface area contributed by atoms with Crippen molar-refractivity contribution in [1.82, 2.24) is 0 Å². The van der Waals surface area contributed by atoms with E-state index in [1.54, 1.807) is 22.3 Å². The van der Waals surface area contributed by atoms with Crippen molar-refractivity contribution >= 4 is 21.4 Å². The van der Waals surface area contributed by atoms with Crippen LogP contribution in [0.3, 0.4) is 0 Å². The van der Waals surface area contributed by atoms with Crippen molar-refractivity contribution in [3.05, 3.63) is 69.6 Å². The Hall–Kier alpha value is -1.60. The second-order valence-corrected chi connectivity index (χ2v) is 10.4. The van der Waals surface area contributed by atoms with E-state index in [1.165, 1.54) is 53.5 Å². The minimum absolute atomic E-state index is 0.774. The maximum Gasteiger partial charge on any atom is 0.0345 e. The highest BCUT2D eigenvalue weighted by Crippen LogP contribution is 2.41. The molecule has 0 aliphatic heterocycles. The quantitative estimate of drug-likeness (QED) is 0.444. The van der Waals surface area contributed by atoms with Crippen molar-refractivity contribution < 1.29 is 0 Å². The summed E-state index contributed by atoms with van der Waals surface area (Å²) >= 11 is 1.98. The number of rotatable bonds is 3. The van der Waals surface area contributed by atoms with Gasteiger partial charge in [-0.15, -0.1) is 11.3 Å². The fourth-order valence-corrected chi connectivity index (χ4v) is 6.84. The Balaban J connectivity index is 1.50. The lowest BCUT2D eigenvalue weighted by Gasteiger charge is -2.32. The topological polar surface area (TPSA) is 0 Å². The molecule has 3 aromatic rings. The van der Waals surface area contributed by atoms with E-state index in [2.05, 4.69) is 56.3 Å². The first kappa shape index (κ1) is 17.5. The van der Waals surface area contributed by atoms with E-state index >= 15 is 0 Å². The standard InChI is InChI=1S/C26H30S/c1-17-10-18(2)12-21(11-17)22-13-19-7-5-8-25(19)23(14-22)16-24-15-20-6-3-4-9-26(20)27-24/h3-4,6,9,13-15,17-18,21H,5,7-8,10-12,16H2,1-2H3. The molecule has 27 heavy (non-hydrogen) atoms. The van der Waals surface area contributed by atoms with Crippen LogP contribution in [0, 0.1) is 11.8 Å². The van der Waals surface area contributed by atoms with Gasteiger partial charge < -0.3 is 0 Å². The van der Waals surface area contributed by atoms with E-state index in [4.69, 9.17) is 0 Å². The average molecular weight is 375 g/mol. The summed E-state index contributed by atoms with van der Waals surface area (Å²) in [7, 11) is 0. The molecular formula is C26H30S. The smallest absolute Gasteiger partial charge is 0.0345 e. The molecule has 140 valence electrons. The van der Waals surface area contributed by atoms with Crippen LogP contribution in [0.4, 0.5) is 0 Å². The van der Waals surface area contributed by atoms with Gasteiger partial charge in [0.2, 0.25) is 0 Å². The molecule has 0 nitrogen and oxygen atoms in total. The second-order valence-electron chi connectivity index (χ2n) is 9.21. The highest BCUT2D eigenvalue weighted by molar-refractivity contribution is 7.19. The third-order valence-electron chi connectivity index (χ3n) is 6.82. The third-order valence-corrected chi connectivity index (χ3v) is 7.94. The fraction of sp³-hybridized carbons (Fsp3) is 0.462. The van der Waals surface area contributed by atoms with Gasteiger partial charge in [0.15, 0.2) is 0 Å². The van der Waals surface area contributed by atoms with Gasteiger partial charge in [0.1, 0.15) is 0 Å². The fourth-order valence-electron chi connectivity index (χ4n) is 5.75. The lowest BCUT2D eigenvalue weighted by atomic mass is 9.73. The molecule has 1 heteroatoms. The second kappa shape index (κ2) is 7.09. The zero-order chi connectivity index (χ0) is 18.4. The van der Waals surface area contributed by atoms with E-state index in [-0.39, 0.29) is 0 Å². The SMILES string of the molecule is CC1CC(C)CC(c2cc3c(c(Cc4cc5ccccc5s4)c2)CCC3)C1. The van der Waals surface area contributed by atoms with E-state index in [0.29, 0.717) is 0 Å². The number of fused-ring (bicyclic) bond motifs is 2. The summed E-state index contributed by atoms with van der Waals surface area (Å²) in [5.41, 5.74) is 6.60. The molecule has 2 aliphatic rings. The Morgan fingerprint density at radius 1 is 0.926 bits per heavy atom.